The number of carbonyl (C=O) groups is 5. The van der Waals surface area contributed by atoms with Gasteiger partial charge in [-0.1, -0.05) is 12.8 Å². The lowest BCUT2D eigenvalue weighted by molar-refractivity contribution is -0.136. The molecule has 244 valence electrons. The third-order valence-corrected chi connectivity index (χ3v) is 8.08. The molecule has 0 aliphatic carbocycles. The van der Waals surface area contributed by atoms with Crippen molar-refractivity contribution in [1.29, 1.82) is 0 Å². The third-order valence-electron chi connectivity index (χ3n) is 7.88. The number of carbonyl (C=O) groups excluding carboxylic acids is 5. The minimum atomic E-state index is -3.77. The Morgan fingerprint density at radius 1 is 1.02 bits per heavy atom. The number of amides is 5. The summed E-state index contributed by atoms with van der Waals surface area (Å²) in [6, 6.07) is 9.32. The normalized spacial score (nSPS) is 16.5. The fourth-order valence-corrected chi connectivity index (χ4v) is 5.68. The van der Waals surface area contributed by atoms with E-state index in [1.165, 1.54) is 12.3 Å². The maximum atomic E-state index is 14.2. The quantitative estimate of drug-likeness (QED) is 0.115. The number of nitrogens with zero attached hydrogens (tertiary/aromatic N) is 4. The van der Waals surface area contributed by atoms with Crippen LogP contribution >= 0.6 is 11.6 Å². The molecule has 47 heavy (non-hydrogen) atoms. The maximum absolute atomic E-state index is 14.2. The van der Waals surface area contributed by atoms with E-state index in [0.717, 1.165) is 34.7 Å². The summed E-state index contributed by atoms with van der Waals surface area (Å²) in [4.78, 5) is 67.4. The molecule has 4 aromatic rings. The van der Waals surface area contributed by atoms with Gasteiger partial charge in [0.05, 0.1) is 17.4 Å². The summed E-state index contributed by atoms with van der Waals surface area (Å²) in [5.74, 6) is -2.50. The van der Waals surface area contributed by atoms with Crippen LogP contribution < -0.4 is 16.0 Å². The Bertz CT molecular complexity index is 1890. The van der Waals surface area contributed by atoms with Crippen LogP contribution in [0.2, 0.25) is 0 Å². The van der Waals surface area contributed by atoms with Gasteiger partial charge >= 0.3 is 5.38 Å². The van der Waals surface area contributed by atoms with Crippen molar-refractivity contribution >= 4 is 52.5 Å². The Hall–Kier alpha value is -5.18. The first-order chi connectivity index (χ1) is 22.5. The summed E-state index contributed by atoms with van der Waals surface area (Å²) in [5, 5.41) is 8.37. The average Bonchev–Trinajstić information content (AvgIpc) is 3.77. The standard InChI is InChI=1S/C31H28ClF2N7O6/c32-31(33,34)24-15-20(23-6-5-13-47-23)37-25-16-21(39-41(24)25)27(43)36-12-4-2-1-3-11-35-17-7-8-18-19(14-17)30(46)40(29(18)45)22-9-10-26(42)38-28(22)44/h5-8,13-16,22,35H,1-4,9-12H2,(H,36,43)(H,38,42,44). The van der Waals surface area contributed by atoms with Gasteiger partial charge in [-0.3, -0.25) is 34.2 Å². The number of halogens is 3. The second kappa shape index (κ2) is 12.9. The van der Waals surface area contributed by atoms with Crippen LogP contribution in [0.4, 0.5) is 14.5 Å². The number of hydrogen-bond acceptors (Lipinski definition) is 9. The van der Waals surface area contributed by atoms with E-state index in [9.17, 15) is 32.8 Å². The highest BCUT2D eigenvalue weighted by molar-refractivity contribution is 6.24. The van der Waals surface area contributed by atoms with E-state index in [0.29, 0.717) is 25.2 Å². The minimum absolute atomic E-state index is 0.0119. The molecule has 0 spiro atoms. The first-order valence-electron chi connectivity index (χ1n) is 14.9. The second-order valence-corrected chi connectivity index (χ2v) is 11.6. The summed E-state index contributed by atoms with van der Waals surface area (Å²) in [6.07, 6.45) is 4.60. The summed E-state index contributed by atoms with van der Waals surface area (Å²) in [5.41, 5.74) is 0.451. The molecule has 5 amide bonds. The van der Waals surface area contributed by atoms with Crippen molar-refractivity contribution in [3.63, 3.8) is 0 Å². The summed E-state index contributed by atoms with van der Waals surface area (Å²) < 4.78 is 34.4. The second-order valence-electron chi connectivity index (χ2n) is 11.1. The van der Waals surface area contributed by atoms with Gasteiger partial charge in [0.15, 0.2) is 17.1 Å². The summed E-state index contributed by atoms with van der Waals surface area (Å²) in [6.45, 7) is 0.931. The monoisotopic (exact) mass is 667 g/mol. The number of anilines is 1. The van der Waals surface area contributed by atoms with Crippen LogP contribution in [0.3, 0.4) is 0 Å². The molecule has 2 aliphatic rings. The number of imide groups is 2. The van der Waals surface area contributed by atoms with Crippen molar-refractivity contribution in [2.24, 2.45) is 0 Å². The molecule has 6 rings (SSSR count). The molecule has 0 saturated carbocycles. The van der Waals surface area contributed by atoms with Crippen LogP contribution in [-0.2, 0) is 15.0 Å². The number of nitrogens with one attached hydrogen (secondary N) is 3. The van der Waals surface area contributed by atoms with Gasteiger partial charge in [-0.25, -0.2) is 9.50 Å². The summed E-state index contributed by atoms with van der Waals surface area (Å²) in [7, 11) is 0. The molecule has 16 heteroatoms. The van der Waals surface area contributed by atoms with Gasteiger partial charge in [-0.2, -0.15) is 13.9 Å². The molecular formula is C31H28ClF2N7O6. The highest BCUT2D eigenvalue weighted by atomic mass is 35.5. The zero-order valence-corrected chi connectivity index (χ0v) is 25.5. The predicted molar refractivity (Wildman–Crippen MR) is 163 cm³/mol. The highest BCUT2D eigenvalue weighted by Crippen LogP contribution is 2.35. The molecule has 1 atom stereocenters. The van der Waals surface area contributed by atoms with E-state index in [1.54, 1.807) is 30.3 Å². The highest BCUT2D eigenvalue weighted by Gasteiger charge is 2.44. The van der Waals surface area contributed by atoms with Crippen molar-refractivity contribution in [1.82, 2.24) is 30.1 Å². The zero-order valence-electron chi connectivity index (χ0n) is 24.7. The Balaban J connectivity index is 0.952. The van der Waals surface area contributed by atoms with Crippen LogP contribution in [0.25, 0.3) is 17.1 Å². The van der Waals surface area contributed by atoms with Crippen LogP contribution in [0, 0.1) is 0 Å². The van der Waals surface area contributed by atoms with E-state index in [1.807, 2.05) is 0 Å². The van der Waals surface area contributed by atoms with Crippen LogP contribution in [0.1, 0.15) is 75.4 Å². The van der Waals surface area contributed by atoms with Crippen LogP contribution in [-0.4, -0.2) is 68.2 Å². The Morgan fingerprint density at radius 2 is 1.79 bits per heavy atom. The lowest BCUT2D eigenvalue weighted by Crippen LogP contribution is -2.54. The van der Waals surface area contributed by atoms with E-state index >= 15 is 0 Å². The number of rotatable bonds is 12. The smallest absolute Gasteiger partial charge is 0.364 e. The largest absolute Gasteiger partial charge is 0.463 e. The van der Waals surface area contributed by atoms with E-state index in [2.05, 4.69) is 26.0 Å². The topological polar surface area (TPSA) is 168 Å². The molecule has 0 bridgehead atoms. The van der Waals surface area contributed by atoms with Crippen molar-refractivity contribution in [2.75, 3.05) is 18.4 Å². The molecule has 1 saturated heterocycles. The van der Waals surface area contributed by atoms with Crippen LogP contribution in [0.5, 0.6) is 0 Å². The van der Waals surface area contributed by atoms with Crippen molar-refractivity contribution in [3.05, 3.63) is 71.2 Å². The molecule has 2 aliphatic heterocycles. The van der Waals surface area contributed by atoms with Crippen molar-refractivity contribution in [3.8, 4) is 11.5 Å². The lowest BCUT2D eigenvalue weighted by atomic mass is 10.0. The molecule has 5 heterocycles. The first-order valence-corrected chi connectivity index (χ1v) is 15.3. The minimum Gasteiger partial charge on any atom is -0.463 e. The maximum Gasteiger partial charge on any atom is 0.364 e. The van der Waals surface area contributed by atoms with E-state index < -0.39 is 46.7 Å². The van der Waals surface area contributed by atoms with Crippen molar-refractivity contribution in [2.45, 2.75) is 49.9 Å². The first kappa shape index (κ1) is 31.8. The van der Waals surface area contributed by atoms with Crippen molar-refractivity contribution < 1.29 is 37.2 Å². The number of furan rings is 1. The third kappa shape index (κ3) is 6.56. The Morgan fingerprint density at radius 3 is 2.51 bits per heavy atom. The van der Waals surface area contributed by atoms with Gasteiger partial charge in [-0.15, -0.1) is 0 Å². The fourth-order valence-electron chi connectivity index (χ4n) is 5.55. The van der Waals surface area contributed by atoms with E-state index in [-0.39, 0.29) is 46.8 Å². The number of unbranched alkanes of at least 4 members (excludes halogenated alkanes) is 3. The summed E-state index contributed by atoms with van der Waals surface area (Å²) >= 11 is 5.32. The number of piperidine rings is 1. The molecule has 0 radical (unpaired) electrons. The van der Waals surface area contributed by atoms with Gasteiger partial charge in [0.2, 0.25) is 11.8 Å². The molecule has 1 unspecified atom stereocenters. The van der Waals surface area contributed by atoms with Gasteiger partial charge in [0.1, 0.15) is 17.4 Å². The SMILES string of the molecule is O=C1CCC(N2C(=O)c3ccc(NCCCCCCNC(=O)c4cc5nc(-c6ccco6)cc(C(F)(F)Cl)n5n4)cc3C2=O)C(=O)N1. The Kier molecular flexibility index (Phi) is 8.73. The van der Waals surface area contributed by atoms with Gasteiger partial charge in [0, 0.05) is 31.3 Å². The fraction of sp³-hybridized carbons (Fsp3) is 0.323. The zero-order chi connectivity index (χ0) is 33.3. The molecule has 1 fully saturated rings. The molecule has 1 aromatic carbocycles. The molecule has 3 N–H and O–H groups in total. The number of fused-ring (bicyclic) bond motifs is 2. The molecule has 13 nitrogen and oxygen atoms in total. The number of hydrogen-bond donors (Lipinski definition) is 3. The molecule has 3 aromatic heterocycles. The van der Waals surface area contributed by atoms with E-state index in [4.69, 9.17) is 16.0 Å². The average molecular weight is 668 g/mol. The van der Waals surface area contributed by atoms with Gasteiger partial charge < -0.3 is 15.1 Å². The van der Waals surface area contributed by atoms with Crippen LogP contribution in [0.15, 0.2) is 53.1 Å². The molecular weight excluding hydrogens is 640 g/mol. The predicted octanol–water partition coefficient (Wildman–Crippen LogP) is 4.08. The van der Waals surface area contributed by atoms with Gasteiger partial charge in [0.25, 0.3) is 17.7 Å². The Labute approximate surface area is 270 Å². The lowest BCUT2D eigenvalue weighted by Gasteiger charge is -2.27. The van der Waals surface area contributed by atoms with Gasteiger partial charge in [-0.05, 0) is 67.3 Å². The number of benzene rings is 1. The number of alkyl halides is 3. The number of aromatic nitrogens is 3.